The highest BCUT2D eigenvalue weighted by molar-refractivity contribution is 5.96. The molecule has 1 saturated carbocycles. The Labute approximate surface area is 164 Å². The molecule has 2 amide bonds. The third-order valence-corrected chi connectivity index (χ3v) is 5.36. The molecule has 2 aromatic rings. The predicted octanol–water partition coefficient (Wildman–Crippen LogP) is 2.78. The summed E-state index contributed by atoms with van der Waals surface area (Å²) in [5, 5.41) is 2.97. The van der Waals surface area contributed by atoms with Crippen LogP contribution < -0.4 is 5.32 Å². The van der Waals surface area contributed by atoms with Crippen LogP contribution in [-0.2, 0) is 22.5 Å². The molecular formula is C22H26N2O4. The van der Waals surface area contributed by atoms with Crippen molar-refractivity contribution in [3.8, 4) is 0 Å². The predicted molar refractivity (Wildman–Crippen MR) is 104 cm³/mol. The number of benzene rings is 1. The summed E-state index contributed by atoms with van der Waals surface area (Å²) in [5.74, 6) is 0.618. The molecule has 1 atom stereocenters. The zero-order chi connectivity index (χ0) is 19.3. The van der Waals surface area contributed by atoms with Gasteiger partial charge in [0.25, 0.3) is 5.91 Å². The molecule has 1 N–H and O–H groups in total. The lowest BCUT2D eigenvalue weighted by Crippen LogP contribution is -2.52. The van der Waals surface area contributed by atoms with Crippen LogP contribution in [0, 0.1) is 5.92 Å². The number of nitrogens with one attached hydrogen (secondary N) is 1. The van der Waals surface area contributed by atoms with Crippen molar-refractivity contribution in [2.75, 3.05) is 19.8 Å². The van der Waals surface area contributed by atoms with Crippen molar-refractivity contribution in [3.63, 3.8) is 0 Å². The van der Waals surface area contributed by atoms with Crippen LogP contribution in [0.2, 0.25) is 0 Å². The molecule has 148 valence electrons. The second-order valence-electron chi connectivity index (χ2n) is 7.56. The van der Waals surface area contributed by atoms with Crippen molar-refractivity contribution in [2.24, 2.45) is 5.92 Å². The van der Waals surface area contributed by atoms with Crippen LogP contribution >= 0.6 is 0 Å². The van der Waals surface area contributed by atoms with Gasteiger partial charge in [-0.3, -0.25) is 9.59 Å². The van der Waals surface area contributed by atoms with Gasteiger partial charge in [-0.1, -0.05) is 24.3 Å². The molecule has 6 nitrogen and oxygen atoms in total. The number of carbonyl (C=O) groups is 2. The molecule has 28 heavy (non-hydrogen) atoms. The summed E-state index contributed by atoms with van der Waals surface area (Å²) < 4.78 is 10.9. The lowest BCUT2D eigenvalue weighted by molar-refractivity contribution is -0.126. The molecule has 1 aliphatic carbocycles. The van der Waals surface area contributed by atoms with E-state index in [0.29, 0.717) is 26.1 Å². The Morgan fingerprint density at radius 3 is 2.71 bits per heavy atom. The smallest absolute Gasteiger partial charge is 0.290 e. The minimum Gasteiger partial charge on any atom is -0.459 e. The van der Waals surface area contributed by atoms with Gasteiger partial charge >= 0.3 is 0 Å². The molecule has 0 saturated heterocycles. The maximum Gasteiger partial charge on any atom is 0.290 e. The van der Waals surface area contributed by atoms with Crippen molar-refractivity contribution in [1.82, 2.24) is 10.2 Å². The molecule has 1 aromatic heterocycles. The number of amides is 2. The fraction of sp³-hybridized carbons (Fsp3) is 0.455. The summed E-state index contributed by atoms with van der Waals surface area (Å²) in [5.41, 5.74) is 2.18. The monoisotopic (exact) mass is 382 g/mol. The van der Waals surface area contributed by atoms with E-state index < -0.39 is 6.04 Å². The molecule has 4 rings (SSSR count). The number of furan rings is 1. The lowest BCUT2D eigenvalue weighted by atomic mass is 9.93. The second kappa shape index (κ2) is 8.61. The Balaban J connectivity index is 1.38. The zero-order valence-electron chi connectivity index (χ0n) is 15.9. The highest BCUT2D eigenvalue weighted by atomic mass is 16.5. The Bertz CT molecular complexity index is 814. The van der Waals surface area contributed by atoms with Gasteiger partial charge in [-0.05, 0) is 48.4 Å². The Kier molecular flexibility index (Phi) is 5.76. The van der Waals surface area contributed by atoms with Crippen LogP contribution in [-0.4, -0.2) is 42.5 Å². The number of fused-ring (bicyclic) bond motifs is 1. The number of hydrogen-bond acceptors (Lipinski definition) is 4. The van der Waals surface area contributed by atoms with Crippen molar-refractivity contribution >= 4 is 11.8 Å². The summed E-state index contributed by atoms with van der Waals surface area (Å²) in [7, 11) is 0. The average Bonchev–Trinajstić information content (AvgIpc) is 3.38. The molecular weight excluding hydrogens is 356 g/mol. The average molecular weight is 382 g/mol. The minimum absolute atomic E-state index is 0.128. The molecule has 1 unspecified atom stereocenters. The van der Waals surface area contributed by atoms with E-state index in [2.05, 4.69) is 5.32 Å². The van der Waals surface area contributed by atoms with Crippen molar-refractivity contribution in [2.45, 2.75) is 38.3 Å². The van der Waals surface area contributed by atoms with Crippen molar-refractivity contribution in [3.05, 3.63) is 59.5 Å². The van der Waals surface area contributed by atoms with Gasteiger partial charge in [0.15, 0.2) is 5.76 Å². The van der Waals surface area contributed by atoms with E-state index in [0.717, 1.165) is 30.1 Å². The Hall–Kier alpha value is -2.60. The molecule has 0 radical (unpaired) electrons. The molecule has 1 fully saturated rings. The van der Waals surface area contributed by atoms with Crippen LogP contribution in [0.15, 0.2) is 47.1 Å². The number of nitrogens with zero attached hydrogens (tertiary/aromatic N) is 1. The van der Waals surface area contributed by atoms with Gasteiger partial charge in [0.05, 0.1) is 6.26 Å². The Morgan fingerprint density at radius 1 is 1.14 bits per heavy atom. The summed E-state index contributed by atoms with van der Waals surface area (Å²) in [6.07, 6.45) is 5.31. The van der Waals surface area contributed by atoms with Gasteiger partial charge in [0.1, 0.15) is 6.04 Å². The van der Waals surface area contributed by atoms with Crippen molar-refractivity contribution < 1.29 is 18.7 Å². The number of carbonyl (C=O) groups excluding carboxylic acids is 2. The van der Waals surface area contributed by atoms with E-state index >= 15 is 0 Å². The van der Waals surface area contributed by atoms with Gasteiger partial charge in [-0.15, -0.1) is 0 Å². The molecule has 2 heterocycles. The third kappa shape index (κ3) is 4.44. The molecule has 1 aromatic carbocycles. The topological polar surface area (TPSA) is 71.8 Å². The highest BCUT2D eigenvalue weighted by Gasteiger charge is 2.35. The molecule has 0 bridgehead atoms. The Morgan fingerprint density at radius 2 is 1.96 bits per heavy atom. The molecule has 1 aliphatic heterocycles. The number of hydrogen-bond donors (Lipinski definition) is 1. The summed E-state index contributed by atoms with van der Waals surface area (Å²) in [4.78, 5) is 27.4. The minimum atomic E-state index is -0.542. The second-order valence-corrected chi connectivity index (χ2v) is 7.56. The third-order valence-electron chi connectivity index (χ3n) is 5.36. The van der Waals surface area contributed by atoms with Crippen molar-refractivity contribution in [1.29, 1.82) is 0 Å². The van der Waals surface area contributed by atoms with Gasteiger partial charge in [0, 0.05) is 32.7 Å². The normalized spacial score (nSPS) is 18.6. The van der Waals surface area contributed by atoms with Gasteiger partial charge in [0.2, 0.25) is 5.91 Å². The number of ether oxygens (including phenoxy) is 1. The first-order valence-electron chi connectivity index (χ1n) is 9.99. The summed E-state index contributed by atoms with van der Waals surface area (Å²) in [6.45, 7) is 2.43. The van der Waals surface area contributed by atoms with Crippen LogP contribution in [0.1, 0.15) is 40.9 Å². The fourth-order valence-corrected chi connectivity index (χ4v) is 3.55. The highest BCUT2D eigenvalue weighted by Crippen LogP contribution is 2.28. The van der Waals surface area contributed by atoms with Gasteiger partial charge in [-0.25, -0.2) is 0 Å². The van der Waals surface area contributed by atoms with E-state index in [1.807, 2.05) is 24.3 Å². The first-order chi connectivity index (χ1) is 13.7. The first kappa shape index (κ1) is 18.7. The van der Waals surface area contributed by atoms with E-state index in [1.165, 1.54) is 19.1 Å². The standard InChI is InChI=1S/C22H26N2O4/c25-21(23-10-4-11-27-15-16-8-9-16)19-13-17-5-1-2-6-18(17)14-24(19)22(26)20-7-3-12-28-20/h1-3,5-7,12,16,19H,4,8-11,13-15H2,(H,23,25). The summed E-state index contributed by atoms with van der Waals surface area (Å²) >= 11 is 0. The van der Waals surface area contributed by atoms with E-state index in [9.17, 15) is 9.59 Å². The van der Waals surface area contributed by atoms with Crippen LogP contribution in [0.3, 0.4) is 0 Å². The van der Waals surface area contributed by atoms with E-state index in [4.69, 9.17) is 9.15 Å². The van der Waals surface area contributed by atoms with Crippen LogP contribution in [0.25, 0.3) is 0 Å². The largest absolute Gasteiger partial charge is 0.459 e. The van der Waals surface area contributed by atoms with E-state index in [-0.39, 0.29) is 17.6 Å². The maximum absolute atomic E-state index is 12.9. The fourth-order valence-electron chi connectivity index (χ4n) is 3.55. The molecule has 0 spiro atoms. The zero-order valence-corrected chi connectivity index (χ0v) is 15.9. The van der Waals surface area contributed by atoms with E-state index in [1.54, 1.807) is 17.0 Å². The first-order valence-corrected chi connectivity index (χ1v) is 9.99. The summed E-state index contributed by atoms with van der Waals surface area (Å²) in [6, 6.07) is 10.7. The lowest BCUT2D eigenvalue weighted by Gasteiger charge is -2.35. The van der Waals surface area contributed by atoms with Gasteiger partial charge in [-0.2, -0.15) is 0 Å². The molecule has 6 heteroatoms. The maximum atomic E-state index is 12.9. The van der Waals surface area contributed by atoms with Gasteiger partial charge < -0.3 is 19.4 Å². The van der Waals surface area contributed by atoms with Crippen LogP contribution in [0.4, 0.5) is 0 Å². The quantitative estimate of drug-likeness (QED) is 0.713. The molecule has 2 aliphatic rings. The van der Waals surface area contributed by atoms with Crippen LogP contribution in [0.5, 0.6) is 0 Å². The number of rotatable bonds is 8. The SMILES string of the molecule is O=C(NCCCOCC1CC1)C1Cc2ccccc2CN1C(=O)c1ccco1.